The number of halogens is 1. The largest absolute Gasteiger partial charge is 0.311 e. The van der Waals surface area contributed by atoms with Crippen molar-refractivity contribution in [2.45, 2.75) is 7.43 Å². The Morgan fingerprint density at radius 3 is 0.867 bits per heavy atom. The monoisotopic (exact) mass is 1130 g/mol. The smallest absolute Gasteiger partial charge is 0.0619 e. The van der Waals surface area contributed by atoms with Crippen LogP contribution in [0.25, 0.3) is 83.1 Å². The van der Waals surface area contributed by atoms with Gasteiger partial charge in [-0.05, 0) is 153 Å². The van der Waals surface area contributed by atoms with Crippen molar-refractivity contribution >= 4 is 71.9 Å². The van der Waals surface area contributed by atoms with Gasteiger partial charge in [0.1, 0.15) is 0 Å². The number of fused-ring (bicyclic) bond motifs is 3. The van der Waals surface area contributed by atoms with E-state index in [4.69, 9.17) is 0 Å². The Kier molecular flexibility index (Phi) is 15.8. The van der Waals surface area contributed by atoms with Crippen LogP contribution >= 0.6 is 15.9 Å². The van der Waals surface area contributed by atoms with Gasteiger partial charge in [-0.25, -0.2) is 0 Å². The van der Waals surface area contributed by atoms with Crippen molar-refractivity contribution in [1.29, 1.82) is 0 Å². The molecule has 0 saturated carbocycles. The first-order valence-corrected chi connectivity index (χ1v) is 28.5. The van der Waals surface area contributed by atoms with Crippen LogP contribution in [-0.4, -0.2) is 4.57 Å². The number of nitrogens with zero attached hydrogens (tertiary/aromatic N) is 3. The van der Waals surface area contributed by atoms with Crippen LogP contribution in [0.15, 0.2) is 344 Å². The number of rotatable bonds is 12. The van der Waals surface area contributed by atoms with Crippen molar-refractivity contribution in [2.75, 3.05) is 9.80 Å². The number of hydrogen-bond acceptors (Lipinski definition) is 2. The molecule has 1 aromatic heterocycles. The molecule has 4 heteroatoms. The van der Waals surface area contributed by atoms with Gasteiger partial charge in [0.05, 0.1) is 11.0 Å². The van der Waals surface area contributed by atoms with Crippen LogP contribution in [0.5, 0.6) is 0 Å². The summed E-state index contributed by atoms with van der Waals surface area (Å²) in [7, 11) is 0. The minimum Gasteiger partial charge on any atom is -0.311 e. The fraction of sp³-hybridized carbons (Fsp3) is 0.0127. The van der Waals surface area contributed by atoms with Crippen molar-refractivity contribution in [3.8, 4) is 61.3 Å². The molecule has 0 aliphatic rings. The normalized spacial score (nSPS) is 10.9. The average molecular weight is 1130 g/mol. The highest BCUT2D eigenvalue weighted by Crippen LogP contribution is 2.42. The standard InChI is InChI=1S/C48H34N2.C30H22BrN.CH4/c1-4-13-35(14-5-1)37-23-27-40(28-24-37)49(41-29-25-38(26-30-41)36-15-6-2-7-16-36)42-31-33-43(34-32-42)50-47-22-11-10-19-45(47)46-21-12-20-44(48(46)50)39-17-8-3-9-18-39;31-27-15-21-30(22-16-27)32(28-17-11-25(12-18-28)23-7-3-1-4-8-23)29-19-13-26(14-20-29)24-9-5-2-6-10-24;/h1-34H;1-22H;1H4. The molecule has 83 heavy (non-hydrogen) atoms. The Labute approximate surface area is 496 Å². The SMILES string of the molecule is Brc1ccc(N(c2ccc(-c3ccccc3)cc2)c2ccc(-c3ccccc3)cc2)cc1.C.c1ccc(-c2ccc(N(c3ccc(-c4ccccc4)cc3)c3ccc(-n4c5ccccc5c5cccc(-c6ccccc6)c54)cc3)cc2)cc1. The van der Waals surface area contributed by atoms with Crippen LogP contribution in [-0.2, 0) is 0 Å². The first kappa shape index (κ1) is 53.4. The number of hydrogen-bond donors (Lipinski definition) is 0. The molecule has 0 radical (unpaired) electrons. The lowest BCUT2D eigenvalue weighted by Gasteiger charge is -2.26. The Morgan fingerprint density at radius 2 is 0.506 bits per heavy atom. The van der Waals surface area contributed by atoms with E-state index in [0.29, 0.717) is 0 Å². The molecule has 0 aliphatic heterocycles. The summed E-state index contributed by atoms with van der Waals surface area (Å²) in [5.74, 6) is 0. The maximum Gasteiger partial charge on any atom is 0.0619 e. The molecule has 13 aromatic carbocycles. The van der Waals surface area contributed by atoms with E-state index < -0.39 is 0 Å². The first-order chi connectivity index (χ1) is 40.6. The van der Waals surface area contributed by atoms with Crippen LogP contribution in [0, 0.1) is 0 Å². The molecule has 0 N–H and O–H groups in total. The first-order valence-electron chi connectivity index (χ1n) is 27.8. The van der Waals surface area contributed by atoms with Gasteiger partial charge in [0, 0.05) is 60.6 Å². The molecule has 1 heterocycles. The van der Waals surface area contributed by atoms with Gasteiger partial charge in [-0.3, -0.25) is 0 Å². The Hall–Kier alpha value is -10.3. The maximum atomic E-state index is 3.56. The van der Waals surface area contributed by atoms with Crippen molar-refractivity contribution in [3.63, 3.8) is 0 Å². The lowest BCUT2D eigenvalue weighted by Crippen LogP contribution is -2.10. The number of para-hydroxylation sites is 2. The van der Waals surface area contributed by atoms with E-state index in [1.54, 1.807) is 0 Å². The third-order valence-corrected chi connectivity index (χ3v) is 15.7. The molecule has 0 spiro atoms. The van der Waals surface area contributed by atoms with Crippen molar-refractivity contribution in [1.82, 2.24) is 4.57 Å². The van der Waals surface area contributed by atoms with Gasteiger partial charge in [-0.2, -0.15) is 0 Å². The minimum atomic E-state index is 0. The van der Waals surface area contributed by atoms with Crippen molar-refractivity contribution in [3.05, 3.63) is 344 Å². The quantitative estimate of drug-likeness (QED) is 0.121. The summed E-state index contributed by atoms with van der Waals surface area (Å²) in [6.45, 7) is 0. The molecule has 0 fully saturated rings. The van der Waals surface area contributed by atoms with Crippen molar-refractivity contribution < 1.29 is 0 Å². The van der Waals surface area contributed by atoms with E-state index in [1.165, 1.54) is 77.4 Å². The second kappa shape index (κ2) is 24.6. The Morgan fingerprint density at radius 1 is 0.229 bits per heavy atom. The summed E-state index contributed by atoms with van der Waals surface area (Å²) in [5.41, 5.74) is 22.3. The predicted molar refractivity (Wildman–Crippen MR) is 358 cm³/mol. The van der Waals surface area contributed by atoms with E-state index in [0.717, 1.165) is 44.3 Å². The molecular formula is C79H60BrN3. The summed E-state index contributed by atoms with van der Waals surface area (Å²) in [6, 6.07) is 121. The number of anilines is 6. The third-order valence-electron chi connectivity index (χ3n) is 15.2. The molecule has 14 rings (SSSR count). The number of benzene rings is 13. The zero-order valence-electron chi connectivity index (χ0n) is 45.1. The molecule has 0 bridgehead atoms. The minimum absolute atomic E-state index is 0. The molecule has 398 valence electrons. The molecular weight excluding hydrogens is 1070 g/mol. The van der Waals surface area contributed by atoms with E-state index >= 15 is 0 Å². The zero-order chi connectivity index (χ0) is 55.0. The summed E-state index contributed by atoms with van der Waals surface area (Å²) in [4.78, 5) is 4.63. The molecule has 3 nitrogen and oxygen atoms in total. The van der Waals surface area contributed by atoms with Crippen LogP contribution in [0.3, 0.4) is 0 Å². The van der Waals surface area contributed by atoms with E-state index in [-0.39, 0.29) is 7.43 Å². The van der Waals surface area contributed by atoms with Gasteiger partial charge >= 0.3 is 0 Å². The highest BCUT2D eigenvalue weighted by Gasteiger charge is 2.19. The fourth-order valence-corrected chi connectivity index (χ4v) is 11.4. The Bertz CT molecular complexity index is 4190. The average Bonchev–Trinajstić information content (AvgIpc) is 4.03. The lowest BCUT2D eigenvalue weighted by molar-refractivity contribution is 1.17. The van der Waals surface area contributed by atoms with Crippen LogP contribution in [0.2, 0.25) is 0 Å². The molecule has 14 aromatic rings. The van der Waals surface area contributed by atoms with Crippen LogP contribution < -0.4 is 9.80 Å². The number of aromatic nitrogens is 1. The van der Waals surface area contributed by atoms with Gasteiger partial charge in [0.15, 0.2) is 0 Å². The molecule has 0 aliphatic carbocycles. The third kappa shape index (κ3) is 11.4. The summed E-state index contributed by atoms with van der Waals surface area (Å²) >= 11 is 3.56. The fourth-order valence-electron chi connectivity index (χ4n) is 11.1. The van der Waals surface area contributed by atoms with Crippen LogP contribution in [0.1, 0.15) is 7.43 Å². The highest BCUT2D eigenvalue weighted by molar-refractivity contribution is 9.10. The van der Waals surface area contributed by atoms with E-state index in [1.807, 2.05) is 12.1 Å². The maximum absolute atomic E-state index is 3.56. The topological polar surface area (TPSA) is 11.4 Å². The second-order valence-corrected chi connectivity index (χ2v) is 21.2. The van der Waals surface area contributed by atoms with Gasteiger partial charge in [0.2, 0.25) is 0 Å². The lowest BCUT2D eigenvalue weighted by atomic mass is 10.0. The van der Waals surface area contributed by atoms with Crippen molar-refractivity contribution in [2.24, 2.45) is 0 Å². The summed E-state index contributed by atoms with van der Waals surface area (Å²) in [5, 5.41) is 2.51. The van der Waals surface area contributed by atoms with Gasteiger partial charge < -0.3 is 14.4 Å². The molecule has 0 unspecified atom stereocenters. The van der Waals surface area contributed by atoms with Gasteiger partial charge in [-0.15, -0.1) is 0 Å². The van der Waals surface area contributed by atoms with E-state index in [9.17, 15) is 0 Å². The highest BCUT2D eigenvalue weighted by atomic mass is 79.9. The molecule has 0 saturated heterocycles. The summed E-state index contributed by atoms with van der Waals surface area (Å²) in [6.07, 6.45) is 0. The van der Waals surface area contributed by atoms with Gasteiger partial charge in [-0.1, -0.05) is 260 Å². The van der Waals surface area contributed by atoms with E-state index in [2.05, 4.69) is 358 Å². The molecule has 0 amide bonds. The molecule has 0 atom stereocenters. The second-order valence-electron chi connectivity index (χ2n) is 20.2. The van der Waals surface area contributed by atoms with Crippen LogP contribution in [0.4, 0.5) is 34.1 Å². The summed E-state index contributed by atoms with van der Waals surface area (Å²) < 4.78 is 3.49. The zero-order valence-corrected chi connectivity index (χ0v) is 46.6. The Balaban J connectivity index is 0.000000178. The van der Waals surface area contributed by atoms with Gasteiger partial charge in [0.25, 0.3) is 0 Å². The predicted octanol–water partition coefficient (Wildman–Crippen LogP) is 23.1.